The SMILES string of the molecule is CCCN(CC(=O)Nc1cccc2ccccc12)Cc1nnc(-c2cccs2)o1. The monoisotopic (exact) mass is 406 g/mol. The molecule has 1 N–H and O–H groups in total. The van der Waals surface area contributed by atoms with Crippen LogP contribution in [0.25, 0.3) is 21.5 Å². The van der Waals surface area contributed by atoms with Gasteiger partial charge in [-0.3, -0.25) is 9.69 Å². The minimum absolute atomic E-state index is 0.0622. The number of carbonyl (C=O) groups is 1. The van der Waals surface area contributed by atoms with Gasteiger partial charge in [0.15, 0.2) is 0 Å². The molecule has 4 rings (SSSR count). The highest BCUT2D eigenvalue weighted by Crippen LogP contribution is 2.24. The van der Waals surface area contributed by atoms with Gasteiger partial charge in [-0.05, 0) is 35.9 Å². The quantitative estimate of drug-likeness (QED) is 0.455. The van der Waals surface area contributed by atoms with Gasteiger partial charge in [-0.15, -0.1) is 21.5 Å². The number of benzene rings is 2. The van der Waals surface area contributed by atoms with Crippen molar-refractivity contribution in [2.45, 2.75) is 19.9 Å². The summed E-state index contributed by atoms with van der Waals surface area (Å²) in [5.41, 5.74) is 0.822. The van der Waals surface area contributed by atoms with Gasteiger partial charge in [-0.1, -0.05) is 49.4 Å². The van der Waals surface area contributed by atoms with E-state index in [9.17, 15) is 4.79 Å². The number of rotatable bonds is 8. The molecule has 1 amide bonds. The summed E-state index contributed by atoms with van der Waals surface area (Å²) in [4.78, 5) is 15.7. The van der Waals surface area contributed by atoms with Crippen molar-refractivity contribution >= 4 is 33.7 Å². The van der Waals surface area contributed by atoms with E-state index in [0.717, 1.165) is 34.3 Å². The van der Waals surface area contributed by atoms with Crippen molar-refractivity contribution in [1.82, 2.24) is 15.1 Å². The fourth-order valence-electron chi connectivity index (χ4n) is 3.27. The highest BCUT2D eigenvalue weighted by Gasteiger charge is 2.16. The third-order valence-corrected chi connectivity index (χ3v) is 5.39. The van der Waals surface area contributed by atoms with Crippen molar-refractivity contribution in [3.05, 3.63) is 65.9 Å². The lowest BCUT2D eigenvalue weighted by Crippen LogP contribution is -2.33. The van der Waals surface area contributed by atoms with E-state index < -0.39 is 0 Å². The van der Waals surface area contributed by atoms with E-state index in [2.05, 4.69) is 22.4 Å². The minimum Gasteiger partial charge on any atom is -0.419 e. The van der Waals surface area contributed by atoms with Gasteiger partial charge in [0.1, 0.15) is 0 Å². The molecule has 148 valence electrons. The number of nitrogens with one attached hydrogen (secondary N) is 1. The van der Waals surface area contributed by atoms with Gasteiger partial charge in [0.2, 0.25) is 11.8 Å². The second-order valence-corrected chi connectivity index (χ2v) is 7.71. The molecule has 6 nitrogen and oxygen atoms in total. The molecule has 0 saturated heterocycles. The summed E-state index contributed by atoms with van der Waals surface area (Å²) in [5, 5.41) is 15.4. The molecule has 0 aliphatic carbocycles. The summed E-state index contributed by atoms with van der Waals surface area (Å²) in [6.07, 6.45) is 0.924. The summed E-state index contributed by atoms with van der Waals surface area (Å²) >= 11 is 1.56. The zero-order chi connectivity index (χ0) is 20.1. The number of aromatic nitrogens is 2. The zero-order valence-electron chi connectivity index (χ0n) is 16.2. The van der Waals surface area contributed by atoms with Crippen molar-refractivity contribution in [1.29, 1.82) is 0 Å². The Morgan fingerprint density at radius 2 is 1.97 bits per heavy atom. The Balaban J connectivity index is 1.43. The van der Waals surface area contributed by atoms with Crippen LogP contribution in [0.2, 0.25) is 0 Å². The lowest BCUT2D eigenvalue weighted by atomic mass is 10.1. The minimum atomic E-state index is -0.0622. The summed E-state index contributed by atoms with van der Waals surface area (Å²) < 4.78 is 5.78. The number of carbonyl (C=O) groups excluding carboxylic acids is 1. The Kier molecular flexibility index (Phi) is 5.97. The zero-order valence-corrected chi connectivity index (χ0v) is 17.0. The molecular weight excluding hydrogens is 384 g/mol. The average Bonchev–Trinajstić information content (AvgIpc) is 3.40. The summed E-state index contributed by atoms with van der Waals surface area (Å²) in [7, 11) is 0. The van der Waals surface area contributed by atoms with Crippen molar-refractivity contribution < 1.29 is 9.21 Å². The van der Waals surface area contributed by atoms with Crippen LogP contribution in [0.15, 0.2) is 64.4 Å². The largest absolute Gasteiger partial charge is 0.419 e. The standard InChI is InChI=1S/C22H22N4O2S/c1-2-12-26(15-21-24-25-22(28-21)19-11-6-13-29-19)14-20(27)23-18-10-5-8-16-7-3-4-9-17(16)18/h3-11,13H,2,12,14-15H2,1H3,(H,23,27). The van der Waals surface area contributed by atoms with Crippen LogP contribution < -0.4 is 5.32 Å². The van der Waals surface area contributed by atoms with Gasteiger partial charge in [0.25, 0.3) is 5.89 Å². The van der Waals surface area contributed by atoms with Gasteiger partial charge in [0, 0.05) is 11.1 Å². The van der Waals surface area contributed by atoms with Crippen LogP contribution in [0, 0.1) is 0 Å². The van der Waals surface area contributed by atoms with Crippen LogP contribution >= 0.6 is 11.3 Å². The van der Waals surface area contributed by atoms with Gasteiger partial charge >= 0.3 is 0 Å². The molecule has 2 heterocycles. The maximum Gasteiger partial charge on any atom is 0.257 e. The second kappa shape index (κ2) is 8.98. The topological polar surface area (TPSA) is 71.3 Å². The van der Waals surface area contributed by atoms with Gasteiger partial charge in [-0.25, -0.2) is 0 Å². The third-order valence-electron chi connectivity index (χ3n) is 4.53. The van der Waals surface area contributed by atoms with Crippen LogP contribution in [0.4, 0.5) is 5.69 Å². The van der Waals surface area contributed by atoms with Crippen LogP contribution in [0.5, 0.6) is 0 Å². The first-order valence-corrected chi connectivity index (χ1v) is 10.5. The number of thiophene rings is 1. The fraction of sp³-hybridized carbons (Fsp3) is 0.227. The summed E-state index contributed by atoms with van der Waals surface area (Å²) in [5.74, 6) is 0.972. The van der Waals surface area contributed by atoms with Gasteiger partial charge in [-0.2, -0.15) is 0 Å². The Morgan fingerprint density at radius 3 is 2.79 bits per heavy atom. The third kappa shape index (κ3) is 4.70. The van der Waals surface area contributed by atoms with E-state index in [4.69, 9.17) is 4.42 Å². The molecule has 0 unspecified atom stereocenters. The number of hydrogen-bond donors (Lipinski definition) is 1. The molecule has 0 atom stereocenters. The van der Waals surface area contributed by atoms with E-state index in [1.54, 1.807) is 11.3 Å². The molecule has 29 heavy (non-hydrogen) atoms. The molecule has 0 fully saturated rings. The first-order valence-electron chi connectivity index (χ1n) is 9.59. The lowest BCUT2D eigenvalue weighted by Gasteiger charge is -2.19. The Morgan fingerprint density at radius 1 is 1.10 bits per heavy atom. The summed E-state index contributed by atoms with van der Waals surface area (Å²) in [6, 6.07) is 17.8. The number of nitrogens with zero attached hydrogens (tertiary/aromatic N) is 3. The van der Waals surface area contributed by atoms with Crippen LogP contribution in [-0.2, 0) is 11.3 Å². The number of amides is 1. The molecule has 0 radical (unpaired) electrons. The van der Waals surface area contributed by atoms with Crippen molar-refractivity contribution in [2.24, 2.45) is 0 Å². The van der Waals surface area contributed by atoms with Crippen molar-refractivity contribution in [3.8, 4) is 10.8 Å². The van der Waals surface area contributed by atoms with Crippen LogP contribution in [-0.4, -0.2) is 34.1 Å². The van der Waals surface area contributed by atoms with E-state index in [1.807, 2.05) is 64.9 Å². The Bertz CT molecular complexity index is 1090. The molecule has 0 aliphatic rings. The maximum atomic E-state index is 12.7. The van der Waals surface area contributed by atoms with Gasteiger partial charge < -0.3 is 9.73 Å². The first kappa shape index (κ1) is 19.3. The van der Waals surface area contributed by atoms with E-state index >= 15 is 0 Å². The highest BCUT2D eigenvalue weighted by molar-refractivity contribution is 7.13. The lowest BCUT2D eigenvalue weighted by molar-refractivity contribution is -0.117. The van der Waals surface area contributed by atoms with Gasteiger partial charge in [0.05, 0.1) is 18.0 Å². The predicted molar refractivity (Wildman–Crippen MR) is 116 cm³/mol. The molecule has 0 spiro atoms. The molecule has 0 bridgehead atoms. The number of hydrogen-bond acceptors (Lipinski definition) is 6. The van der Waals surface area contributed by atoms with Crippen molar-refractivity contribution in [3.63, 3.8) is 0 Å². The molecular formula is C22H22N4O2S. The smallest absolute Gasteiger partial charge is 0.257 e. The molecule has 2 aromatic carbocycles. The van der Waals surface area contributed by atoms with E-state index in [0.29, 0.717) is 18.3 Å². The van der Waals surface area contributed by atoms with Crippen LogP contribution in [0.1, 0.15) is 19.2 Å². The Labute approximate surface area is 173 Å². The average molecular weight is 407 g/mol. The molecule has 4 aromatic rings. The van der Waals surface area contributed by atoms with E-state index in [-0.39, 0.29) is 12.5 Å². The molecule has 7 heteroatoms. The first-order chi connectivity index (χ1) is 14.2. The Hall–Kier alpha value is -3.03. The molecule has 0 saturated carbocycles. The van der Waals surface area contributed by atoms with Crippen LogP contribution in [0.3, 0.4) is 0 Å². The fourth-order valence-corrected chi connectivity index (χ4v) is 3.91. The number of anilines is 1. The highest BCUT2D eigenvalue weighted by atomic mass is 32.1. The molecule has 0 aliphatic heterocycles. The summed E-state index contributed by atoms with van der Waals surface area (Å²) in [6.45, 7) is 3.54. The van der Waals surface area contributed by atoms with E-state index in [1.165, 1.54) is 0 Å². The second-order valence-electron chi connectivity index (χ2n) is 6.76. The predicted octanol–water partition coefficient (Wildman–Crippen LogP) is 4.80. The molecule has 2 aromatic heterocycles. The maximum absolute atomic E-state index is 12.7. The normalized spacial score (nSPS) is 11.2. The number of fused-ring (bicyclic) bond motifs is 1. The van der Waals surface area contributed by atoms with Crippen molar-refractivity contribution in [2.75, 3.05) is 18.4 Å².